The number of rotatable bonds is 4. The normalized spacial score (nSPS) is 22.0. The Morgan fingerprint density at radius 2 is 2.33 bits per heavy atom. The van der Waals surface area contributed by atoms with Crippen LogP contribution in [0.25, 0.3) is 0 Å². The molecule has 126 valence electrons. The van der Waals surface area contributed by atoms with E-state index >= 15 is 0 Å². The molecule has 2 atom stereocenters. The van der Waals surface area contributed by atoms with Crippen molar-refractivity contribution in [2.24, 2.45) is 11.7 Å². The highest BCUT2D eigenvalue weighted by atomic mass is 16.5. The molecule has 0 bridgehead atoms. The summed E-state index contributed by atoms with van der Waals surface area (Å²) in [6, 6.07) is 8.51. The smallest absolute Gasteiger partial charge is 0.254 e. The van der Waals surface area contributed by atoms with Crippen LogP contribution in [0.15, 0.2) is 30.5 Å². The fourth-order valence-electron chi connectivity index (χ4n) is 3.37. The highest BCUT2D eigenvalue weighted by molar-refractivity contribution is 5.97. The van der Waals surface area contributed by atoms with Crippen molar-refractivity contribution in [2.45, 2.75) is 19.0 Å². The van der Waals surface area contributed by atoms with Gasteiger partial charge in [0.05, 0.1) is 6.20 Å². The third kappa shape index (κ3) is 2.82. The number of anilines is 1. The molecule has 0 spiro atoms. The maximum atomic E-state index is 11.4. The number of primary amides is 1. The molecule has 1 aromatic heterocycles. The standard InChI is InChI=1S/C17H21N5O2/c18-16(23)14-8-21-22-9-11(7-20-17(14)22)6-19-13-5-12-3-1-2-4-15(12)24-10-13/h1-4,8,11,13,19-20H,5-7,9-10H2,(H2,18,23)/t11-,13+/m1/s1. The van der Waals surface area contributed by atoms with Crippen LogP contribution in [0.4, 0.5) is 5.82 Å². The first-order chi connectivity index (χ1) is 11.7. The summed E-state index contributed by atoms with van der Waals surface area (Å²) < 4.78 is 7.64. The van der Waals surface area contributed by atoms with E-state index in [-0.39, 0.29) is 0 Å². The van der Waals surface area contributed by atoms with Gasteiger partial charge in [0.25, 0.3) is 5.91 Å². The Morgan fingerprint density at radius 3 is 3.21 bits per heavy atom. The minimum atomic E-state index is -0.446. The largest absolute Gasteiger partial charge is 0.492 e. The number of fused-ring (bicyclic) bond motifs is 2. The van der Waals surface area contributed by atoms with Gasteiger partial charge in [-0.15, -0.1) is 0 Å². The molecule has 7 nitrogen and oxygen atoms in total. The number of nitrogens with two attached hydrogens (primary N) is 1. The summed E-state index contributed by atoms with van der Waals surface area (Å²) in [7, 11) is 0. The van der Waals surface area contributed by atoms with Crippen LogP contribution < -0.4 is 21.1 Å². The van der Waals surface area contributed by atoms with Gasteiger partial charge in [-0.25, -0.2) is 4.68 Å². The van der Waals surface area contributed by atoms with Crippen molar-refractivity contribution in [3.8, 4) is 5.75 Å². The molecule has 0 radical (unpaired) electrons. The number of carbonyl (C=O) groups is 1. The molecule has 0 saturated heterocycles. The highest BCUT2D eigenvalue weighted by Crippen LogP contribution is 2.24. The number of hydrogen-bond donors (Lipinski definition) is 3. The summed E-state index contributed by atoms with van der Waals surface area (Å²) in [6.45, 7) is 3.13. The lowest BCUT2D eigenvalue weighted by Gasteiger charge is -2.30. The van der Waals surface area contributed by atoms with Gasteiger partial charge >= 0.3 is 0 Å². The minimum absolute atomic E-state index is 0.320. The molecular weight excluding hydrogens is 306 g/mol. The van der Waals surface area contributed by atoms with Crippen LogP contribution in [-0.4, -0.2) is 41.4 Å². The quantitative estimate of drug-likeness (QED) is 0.765. The van der Waals surface area contributed by atoms with E-state index in [0.717, 1.165) is 37.6 Å². The van der Waals surface area contributed by atoms with Gasteiger partial charge in [0.1, 0.15) is 23.7 Å². The number of aromatic nitrogens is 2. The summed E-state index contributed by atoms with van der Waals surface area (Å²) in [6.07, 6.45) is 2.52. The van der Waals surface area contributed by atoms with E-state index in [2.05, 4.69) is 21.8 Å². The van der Waals surface area contributed by atoms with E-state index in [0.29, 0.717) is 24.1 Å². The Kier molecular flexibility index (Phi) is 3.86. The third-order valence-corrected chi connectivity index (χ3v) is 4.67. The van der Waals surface area contributed by atoms with Crippen molar-refractivity contribution in [2.75, 3.05) is 25.0 Å². The van der Waals surface area contributed by atoms with Crippen molar-refractivity contribution in [1.82, 2.24) is 15.1 Å². The van der Waals surface area contributed by atoms with Crippen molar-refractivity contribution in [3.63, 3.8) is 0 Å². The number of carbonyl (C=O) groups excluding carboxylic acids is 1. The summed E-state index contributed by atoms with van der Waals surface area (Å²) in [4.78, 5) is 11.4. The number of nitrogens with zero attached hydrogens (tertiary/aromatic N) is 2. The van der Waals surface area contributed by atoms with Crippen LogP contribution in [-0.2, 0) is 13.0 Å². The lowest BCUT2D eigenvalue weighted by molar-refractivity contribution is 0.100. The van der Waals surface area contributed by atoms with Crippen LogP contribution in [0.3, 0.4) is 0 Å². The lowest BCUT2D eigenvalue weighted by atomic mass is 10.0. The summed E-state index contributed by atoms with van der Waals surface area (Å²) in [5, 5.41) is 11.1. The molecule has 1 aromatic carbocycles. The molecule has 1 amide bonds. The highest BCUT2D eigenvalue weighted by Gasteiger charge is 2.25. The van der Waals surface area contributed by atoms with Gasteiger partial charge in [0.2, 0.25) is 0 Å². The zero-order chi connectivity index (χ0) is 16.5. The first-order valence-corrected chi connectivity index (χ1v) is 8.24. The molecule has 0 fully saturated rings. The van der Waals surface area contributed by atoms with Gasteiger partial charge in [0, 0.05) is 31.6 Å². The number of nitrogens with one attached hydrogen (secondary N) is 2. The molecule has 24 heavy (non-hydrogen) atoms. The maximum absolute atomic E-state index is 11.4. The Morgan fingerprint density at radius 1 is 1.46 bits per heavy atom. The van der Waals surface area contributed by atoms with Crippen LogP contribution >= 0.6 is 0 Å². The molecular formula is C17H21N5O2. The van der Waals surface area contributed by atoms with Crippen molar-refractivity contribution < 1.29 is 9.53 Å². The van der Waals surface area contributed by atoms with Crippen LogP contribution in [0.2, 0.25) is 0 Å². The molecule has 0 unspecified atom stereocenters. The second-order valence-corrected chi connectivity index (χ2v) is 6.43. The monoisotopic (exact) mass is 327 g/mol. The van der Waals surface area contributed by atoms with Crippen molar-refractivity contribution >= 4 is 11.7 Å². The Labute approximate surface area is 140 Å². The summed E-state index contributed by atoms with van der Waals surface area (Å²) >= 11 is 0. The number of benzene rings is 1. The predicted molar refractivity (Wildman–Crippen MR) is 90.2 cm³/mol. The van der Waals surface area contributed by atoms with E-state index in [1.54, 1.807) is 0 Å². The van der Waals surface area contributed by atoms with E-state index in [4.69, 9.17) is 10.5 Å². The average Bonchev–Trinajstić information content (AvgIpc) is 3.03. The van der Waals surface area contributed by atoms with Gasteiger partial charge in [0.15, 0.2) is 0 Å². The average molecular weight is 327 g/mol. The number of ether oxygens (including phenoxy) is 1. The zero-order valence-corrected chi connectivity index (χ0v) is 13.4. The molecule has 0 aliphatic carbocycles. The van der Waals surface area contributed by atoms with Gasteiger partial charge in [-0.2, -0.15) is 5.10 Å². The fourth-order valence-corrected chi connectivity index (χ4v) is 3.37. The molecule has 3 heterocycles. The number of hydrogen-bond acceptors (Lipinski definition) is 5. The third-order valence-electron chi connectivity index (χ3n) is 4.67. The Hall–Kier alpha value is -2.54. The number of para-hydroxylation sites is 1. The molecule has 4 rings (SSSR count). The van der Waals surface area contributed by atoms with Gasteiger partial charge in [-0.1, -0.05) is 18.2 Å². The maximum Gasteiger partial charge on any atom is 0.254 e. The van der Waals surface area contributed by atoms with Crippen LogP contribution in [0.5, 0.6) is 5.75 Å². The topological polar surface area (TPSA) is 94.2 Å². The summed E-state index contributed by atoms with van der Waals surface area (Å²) in [5.74, 6) is 1.68. The van der Waals surface area contributed by atoms with Crippen molar-refractivity contribution in [3.05, 3.63) is 41.6 Å². The minimum Gasteiger partial charge on any atom is -0.492 e. The second-order valence-electron chi connectivity index (χ2n) is 6.43. The SMILES string of the molecule is NC(=O)c1cnn2c1NC[C@@H](CN[C@@H]1COc3ccccc3C1)C2. The molecule has 2 aromatic rings. The zero-order valence-electron chi connectivity index (χ0n) is 13.4. The first-order valence-electron chi connectivity index (χ1n) is 8.24. The fraction of sp³-hybridized carbons (Fsp3) is 0.412. The van der Waals surface area contributed by atoms with E-state index in [9.17, 15) is 4.79 Å². The second kappa shape index (κ2) is 6.16. The summed E-state index contributed by atoms with van der Waals surface area (Å²) in [5.41, 5.74) is 7.06. The van der Waals surface area contributed by atoms with Crippen LogP contribution in [0.1, 0.15) is 15.9 Å². The van der Waals surface area contributed by atoms with E-state index in [1.165, 1.54) is 11.8 Å². The van der Waals surface area contributed by atoms with E-state index in [1.807, 2.05) is 22.9 Å². The molecule has 4 N–H and O–H groups in total. The van der Waals surface area contributed by atoms with Gasteiger partial charge in [-0.05, 0) is 18.1 Å². The van der Waals surface area contributed by atoms with Crippen LogP contribution in [0, 0.1) is 5.92 Å². The van der Waals surface area contributed by atoms with Crippen molar-refractivity contribution in [1.29, 1.82) is 0 Å². The Bertz CT molecular complexity index is 757. The van der Waals surface area contributed by atoms with Gasteiger partial charge < -0.3 is 21.1 Å². The first kappa shape index (κ1) is 15.0. The number of amides is 1. The molecule has 0 saturated carbocycles. The lowest BCUT2D eigenvalue weighted by Crippen LogP contribution is -2.44. The molecule has 2 aliphatic heterocycles. The molecule has 2 aliphatic rings. The Balaban J connectivity index is 1.34. The molecule has 7 heteroatoms. The van der Waals surface area contributed by atoms with Gasteiger partial charge in [-0.3, -0.25) is 4.79 Å². The van der Waals surface area contributed by atoms with E-state index < -0.39 is 5.91 Å². The predicted octanol–water partition coefficient (Wildman–Crippen LogP) is 0.617.